The first kappa shape index (κ1) is 13.8. The summed E-state index contributed by atoms with van der Waals surface area (Å²) in [5.74, 6) is -1.01. The van der Waals surface area contributed by atoms with Crippen LogP contribution in [0.2, 0.25) is 0 Å². The molecule has 17 heavy (non-hydrogen) atoms. The van der Waals surface area contributed by atoms with Crippen LogP contribution in [0.5, 0.6) is 0 Å². The number of benzene rings is 1. The first-order valence-corrected chi connectivity index (χ1v) is 5.82. The van der Waals surface area contributed by atoms with E-state index >= 15 is 0 Å². The van der Waals surface area contributed by atoms with E-state index in [1.165, 1.54) is 6.07 Å². The summed E-state index contributed by atoms with van der Waals surface area (Å²) < 4.78 is 26.3. The van der Waals surface area contributed by atoms with Crippen molar-refractivity contribution < 1.29 is 8.78 Å². The largest absolute Gasteiger partial charge is 0.313 e. The second-order valence-corrected chi connectivity index (χ2v) is 4.66. The second-order valence-electron chi connectivity index (χ2n) is 4.66. The van der Waals surface area contributed by atoms with Crippen molar-refractivity contribution in [3.8, 4) is 0 Å². The minimum absolute atomic E-state index is 0.300. The average molecular weight is 239 g/mol. The van der Waals surface area contributed by atoms with Crippen LogP contribution >= 0.6 is 0 Å². The molecule has 1 aromatic rings. The first-order valence-electron chi connectivity index (χ1n) is 5.82. The Labute approximate surface area is 102 Å². The Hall–Kier alpha value is -1.22. The Bertz CT molecular complexity index is 397. The number of hydrogen-bond donors (Lipinski definition) is 1. The van der Waals surface area contributed by atoms with Gasteiger partial charge in [-0.15, -0.1) is 0 Å². The van der Waals surface area contributed by atoms with Gasteiger partial charge in [0.05, 0.1) is 0 Å². The predicted molar refractivity (Wildman–Crippen MR) is 67.7 cm³/mol. The molecule has 0 bridgehead atoms. The topological polar surface area (TPSA) is 12.0 Å². The Balaban J connectivity index is 2.64. The van der Waals surface area contributed by atoms with Crippen LogP contribution in [-0.2, 0) is 0 Å². The number of halogens is 2. The molecule has 1 rings (SSSR count). The highest BCUT2D eigenvalue weighted by atomic mass is 19.2. The molecule has 1 N–H and O–H groups in total. The highest BCUT2D eigenvalue weighted by molar-refractivity contribution is 5.53. The van der Waals surface area contributed by atoms with Crippen molar-refractivity contribution in [2.75, 3.05) is 13.1 Å². The fourth-order valence-electron chi connectivity index (χ4n) is 1.51. The molecule has 0 heterocycles. The van der Waals surface area contributed by atoms with E-state index in [1.807, 2.05) is 6.92 Å². The molecule has 0 saturated heterocycles. The normalized spacial score (nSPS) is 12.2. The van der Waals surface area contributed by atoms with E-state index in [-0.39, 0.29) is 0 Å². The van der Waals surface area contributed by atoms with Gasteiger partial charge in [-0.2, -0.15) is 0 Å². The molecular weight excluding hydrogens is 220 g/mol. The molecule has 94 valence electrons. The van der Waals surface area contributed by atoms with E-state index in [1.54, 1.807) is 12.1 Å². The quantitative estimate of drug-likeness (QED) is 0.827. The maximum absolute atomic E-state index is 13.4. The molecule has 0 atom stereocenters. The van der Waals surface area contributed by atoms with Crippen molar-refractivity contribution in [3.63, 3.8) is 0 Å². The summed E-state index contributed by atoms with van der Waals surface area (Å²) in [7, 11) is 0. The van der Waals surface area contributed by atoms with Gasteiger partial charge in [0.25, 0.3) is 0 Å². The van der Waals surface area contributed by atoms with Gasteiger partial charge in [0.15, 0.2) is 11.6 Å². The van der Waals surface area contributed by atoms with Crippen LogP contribution in [0, 0.1) is 17.6 Å². The lowest BCUT2D eigenvalue weighted by molar-refractivity contribution is 0.507. The predicted octanol–water partition coefficient (Wildman–Crippen LogP) is 3.61. The van der Waals surface area contributed by atoms with Gasteiger partial charge < -0.3 is 5.32 Å². The van der Waals surface area contributed by atoms with Gasteiger partial charge in [0.1, 0.15) is 0 Å². The van der Waals surface area contributed by atoms with Crippen molar-refractivity contribution in [2.45, 2.75) is 20.8 Å². The number of hydrogen-bond acceptors (Lipinski definition) is 1. The van der Waals surface area contributed by atoms with Gasteiger partial charge in [-0.25, -0.2) is 8.78 Å². The summed E-state index contributed by atoms with van der Waals surface area (Å²) >= 11 is 0. The van der Waals surface area contributed by atoms with Crippen LogP contribution in [0.25, 0.3) is 6.08 Å². The van der Waals surface area contributed by atoms with Gasteiger partial charge in [0.2, 0.25) is 0 Å². The van der Waals surface area contributed by atoms with Gasteiger partial charge in [0, 0.05) is 12.1 Å². The summed E-state index contributed by atoms with van der Waals surface area (Å²) in [4.78, 5) is 0. The molecule has 0 aliphatic rings. The Morgan fingerprint density at radius 1 is 1.35 bits per heavy atom. The van der Waals surface area contributed by atoms with Crippen LogP contribution < -0.4 is 5.32 Å². The monoisotopic (exact) mass is 239 g/mol. The van der Waals surface area contributed by atoms with Crippen molar-refractivity contribution >= 4 is 6.08 Å². The summed E-state index contributed by atoms with van der Waals surface area (Å²) in [5, 5.41) is 3.25. The molecule has 0 radical (unpaired) electrons. The summed E-state index contributed by atoms with van der Waals surface area (Å²) in [5.41, 5.74) is 1.28. The molecule has 0 aromatic heterocycles. The Morgan fingerprint density at radius 2 is 2.06 bits per heavy atom. The lowest BCUT2D eigenvalue weighted by atomic mass is 10.1. The molecule has 0 fully saturated rings. The van der Waals surface area contributed by atoms with Gasteiger partial charge in [-0.3, -0.25) is 0 Å². The van der Waals surface area contributed by atoms with E-state index in [0.717, 1.165) is 18.2 Å². The van der Waals surface area contributed by atoms with Crippen LogP contribution in [0.3, 0.4) is 0 Å². The lowest BCUT2D eigenvalue weighted by Gasteiger charge is -2.08. The summed E-state index contributed by atoms with van der Waals surface area (Å²) in [6.07, 6.45) is 1.67. The van der Waals surface area contributed by atoms with E-state index < -0.39 is 11.6 Å². The van der Waals surface area contributed by atoms with Crippen LogP contribution in [-0.4, -0.2) is 13.1 Å². The molecule has 0 aliphatic carbocycles. The van der Waals surface area contributed by atoms with Crippen molar-refractivity contribution in [3.05, 3.63) is 41.0 Å². The third-order valence-electron chi connectivity index (χ3n) is 2.34. The van der Waals surface area contributed by atoms with E-state index in [2.05, 4.69) is 19.2 Å². The molecule has 0 spiro atoms. The minimum atomic E-state index is -0.804. The van der Waals surface area contributed by atoms with Gasteiger partial charge in [-0.1, -0.05) is 37.6 Å². The third kappa shape index (κ3) is 4.65. The second kappa shape index (κ2) is 6.50. The third-order valence-corrected chi connectivity index (χ3v) is 2.34. The molecule has 3 heteroatoms. The van der Waals surface area contributed by atoms with Crippen LogP contribution in [0.1, 0.15) is 26.3 Å². The highest BCUT2D eigenvalue weighted by Crippen LogP contribution is 2.14. The van der Waals surface area contributed by atoms with Gasteiger partial charge >= 0.3 is 0 Å². The minimum Gasteiger partial charge on any atom is -0.313 e. The zero-order chi connectivity index (χ0) is 12.8. The lowest BCUT2D eigenvalue weighted by Crippen LogP contribution is -2.21. The zero-order valence-corrected chi connectivity index (χ0v) is 10.6. The standard InChI is InChI=1S/C14H19F2N/c1-10(2)8-17-9-11(3)7-12-5-4-6-13(15)14(12)16/h4-7,10,17H,8-9H2,1-3H3. The van der Waals surface area contributed by atoms with Crippen LogP contribution in [0.15, 0.2) is 23.8 Å². The van der Waals surface area contributed by atoms with E-state index in [4.69, 9.17) is 0 Å². The average Bonchev–Trinajstić information content (AvgIpc) is 2.24. The first-order chi connectivity index (χ1) is 8.00. The Morgan fingerprint density at radius 3 is 2.71 bits per heavy atom. The SMILES string of the molecule is CC(=Cc1cccc(F)c1F)CNCC(C)C. The van der Waals surface area contributed by atoms with Crippen LogP contribution in [0.4, 0.5) is 8.78 Å². The molecule has 1 nitrogen and oxygen atoms in total. The smallest absolute Gasteiger partial charge is 0.166 e. The fraction of sp³-hybridized carbons (Fsp3) is 0.429. The fourth-order valence-corrected chi connectivity index (χ4v) is 1.51. The maximum Gasteiger partial charge on any atom is 0.166 e. The highest BCUT2D eigenvalue weighted by Gasteiger charge is 2.05. The molecule has 0 aliphatic heterocycles. The van der Waals surface area contributed by atoms with Crippen molar-refractivity contribution in [1.29, 1.82) is 0 Å². The van der Waals surface area contributed by atoms with Crippen molar-refractivity contribution in [1.82, 2.24) is 5.32 Å². The van der Waals surface area contributed by atoms with Crippen molar-refractivity contribution in [2.24, 2.45) is 5.92 Å². The molecule has 0 unspecified atom stereocenters. The van der Waals surface area contributed by atoms with Gasteiger partial charge in [-0.05, 0) is 25.5 Å². The molecule has 0 amide bonds. The maximum atomic E-state index is 13.4. The molecule has 1 aromatic carbocycles. The Kier molecular flexibility index (Phi) is 5.29. The van der Waals surface area contributed by atoms with E-state index in [9.17, 15) is 8.78 Å². The molecule has 0 saturated carbocycles. The summed E-state index contributed by atoms with van der Waals surface area (Å²) in [6.45, 7) is 7.75. The summed E-state index contributed by atoms with van der Waals surface area (Å²) in [6, 6.07) is 4.21. The molecular formula is C14H19F2N. The number of nitrogens with one attached hydrogen (secondary N) is 1. The van der Waals surface area contributed by atoms with E-state index in [0.29, 0.717) is 18.0 Å². The zero-order valence-electron chi connectivity index (χ0n) is 10.6. The number of rotatable bonds is 5.